The number of aryl methyl sites for hydroxylation is 1. The second-order valence-electron chi connectivity index (χ2n) is 5.52. The zero-order chi connectivity index (χ0) is 16.9. The van der Waals surface area contributed by atoms with E-state index in [2.05, 4.69) is 10.6 Å². The van der Waals surface area contributed by atoms with Gasteiger partial charge in [0.1, 0.15) is 0 Å². The largest absolute Gasteiger partial charge is 0.454 e. The average Bonchev–Trinajstić information content (AvgIpc) is 3.05. The Morgan fingerprint density at radius 1 is 1.04 bits per heavy atom. The second kappa shape index (κ2) is 7.04. The number of amides is 2. The maximum Gasteiger partial charge on any atom is 0.251 e. The van der Waals surface area contributed by atoms with Crippen molar-refractivity contribution in [2.45, 2.75) is 13.5 Å². The van der Waals surface area contributed by atoms with Crippen LogP contribution < -0.4 is 20.1 Å². The number of rotatable bonds is 5. The quantitative estimate of drug-likeness (QED) is 0.878. The molecule has 1 aliphatic rings. The molecule has 0 atom stereocenters. The van der Waals surface area contributed by atoms with Crippen LogP contribution in [0.2, 0.25) is 0 Å². The van der Waals surface area contributed by atoms with E-state index in [1.807, 2.05) is 31.2 Å². The topological polar surface area (TPSA) is 76.7 Å². The lowest BCUT2D eigenvalue weighted by atomic mass is 10.1. The summed E-state index contributed by atoms with van der Waals surface area (Å²) in [6, 6.07) is 12.8. The molecule has 3 rings (SSSR count). The van der Waals surface area contributed by atoms with Crippen LogP contribution >= 0.6 is 0 Å². The molecule has 0 saturated heterocycles. The summed E-state index contributed by atoms with van der Waals surface area (Å²) >= 11 is 0. The van der Waals surface area contributed by atoms with Gasteiger partial charge in [0.25, 0.3) is 5.91 Å². The van der Waals surface area contributed by atoms with Gasteiger partial charge in [0.05, 0.1) is 6.54 Å². The van der Waals surface area contributed by atoms with Gasteiger partial charge in [-0.2, -0.15) is 0 Å². The van der Waals surface area contributed by atoms with Crippen molar-refractivity contribution < 1.29 is 19.1 Å². The first kappa shape index (κ1) is 15.9. The second-order valence-corrected chi connectivity index (χ2v) is 5.52. The fourth-order valence-corrected chi connectivity index (χ4v) is 2.39. The van der Waals surface area contributed by atoms with Gasteiger partial charge in [-0.15, -0.1) is 0 Å². The van der Waals surface area contributed by atoms with E-state index in [9.17, 15) is 9.59 Å². The van der Waals surface area contributed by atoms with Gasteiger partial charge in [-0.1, -0.05) is 29.8 Å². The maximum absolute atomic E-state index is 12.1. The highest BCUT2D eigenvalue weighted by Crippen LogP contribution is 2.32. The minimum atomic E-state index is -0.334. The Morgan fingerprint density at radius 2 is 1.88 bits per heavy atom. The van der Waals surface area contributed by atoms with Crippen molar-refractivity contribution in [2.24, 2.45) is 0 Å². The van der Waals surface area contributed by atoms with Crippen LogP contribution in [0.15, 0.2) is 42.5 Å². The fourth-order valence-electron chi connectivity index (χ4n) is 2.39. The van der Waals surface area contributed by atoms with Crippen molar-refractivity contribution in [2.75, 3.05) is 13.3 Å². The van der Waals surface area contributed by atoms with Gasteiger partial charge in [0.2, 0.25) is 12.7 Å². The number of carbonyl (C=O) groups is 2. The first-order valence-electron chi connectivity index (χ1n) is 7.62. The molecule has 0 aromatic heterocycles. The SMILES string of the molecule is Cc1cccc(CNC(=O)CNC(=O)c2ccc3c(c2)OCO3)c1. The monoisotopic (exact) mass is 326 g/mol. The first-order chi connectivity index (χ1) is 11.6. The lowest BCUT2D eigenvalue weighted by Gasteiger charge is -2.08. The molecule has 2 aromatic carbocycles. The molecule has 0 bridgehead atoms. The van der Waals surface area contributed by atoms with E-state index >= 15 is 0 Å². The molecule has 1 heterocycles. The molecule has 6 heteroatoms. The minimum absolute atomic E-state index is 0.0842. The van der Waals surface area contributed by atoms with Crippen LogP contribution in [0.4, 0.5) is 0 Å². The molecule has 2 amide bonds. The summed E-state index contributed by atoms with van der Waals surface area (Å²) in [5.74, 6) is 0.568. The number of nitrogens with one attached hydrogen (secondary N) is 2. The summed E-state index contributed by atoms with van der Waals surface area (Å²) < 4.78 is 10.4. The summed E-state index contributed by atoms with van der Waals surface area (Å²) in [5, 5.41) is 5.37. The highest BCUT2D eigenvalue weighted by Gasteiger charge is 2.16. The molecule has 2 N–H and O–H groups in total. The predicted octanol–water partition coefficient (Wildman–Crippen LogP) is 1.77. The summed E-state index contributed by atoms with van der Waals surface area (Å²) in [7, 11) is 0. The van der Waals surface area contributed by atoms with Gasteiger partial charge in [-0.25, -0.2) is 0 Å². The van der Waals surface area contributed by atoms with Crippen molar-refractivity contribution in [3.05, 3.63) is 59.2 Å². The molecule has 2 aromatic rings. The summed E-state index contributed by atoms with van der Waals surface area (Å²) in [6.07, 6.45) is 0. The van der Waals surface area contributed by atoms with Gasteiger partial charge in [0.15, 0.2) is 11.5 Å². The Labute approximate surface area is 139 Å². The normalized spacial score (nSPS) is 11.9. The van der Waals surface area contributed by atoms with Crippen LogP contribution in [-0.4, -0.2) is 25.2 Å². The number of hydrogen-bond acceptors (Lipinski definition) is 4. The molecule has 1 aliphatic heterocycles. The van der Waals surface area contributed by atoms with Crippen LogP contribution in [0, 0.1) is 6.92 Å². The van der Waals surface area contributed by atoms with Gasteiger partial charge in [-0.3, -0.25) is 9.59 Å². The van der Waals surface area contributed by atoms with E-state index in [0.29, 0.717) is 23.6 Å². The van der Waals surface area contributed by atoms with E-state index in [1.54, 1.807) is 18.2 Å². The fraction of sp³-hybridized carbons (Fsp3) is 0.222. The van der Waals surface area contributed by atoms with Crippen LogP contribution in [0.1, 0.15) is 21.5 Å². The number of hydrogen-bond donors (Lipinski definition) is 2. The van der Waals surface area contributed by atoms with E-state index in [0.717, 1.165) is 11.1 Å². The standard InChI is InChI=1S/C18H18N2O4/c1-12-3-2-4-13(7-12)9-19-17(21)10-20-18(22)14-5-6-15-16(8-14)24-11-23-15/h2-8H,9-11H2,1H3,(H,19,21)(H,20,22). The molecule has 0 fully saturated rings. The summed E-state index contributed by atoms with van der Waals surface area (Å²) in [6.45, 7) is 2.50. The number of ether oxygens (including phenoxy) is 2. The minimum Gasteiger partial charge on any atom is -0.454 e. The zero-order valence-electron chi connectivity index (χ0n) is 13.3. The number of benzene rings is 2. The Morgan fingerprint density at radius 3 is 2.71 bits per heavy atom. The number of carbonyl (C=O) groups excluding carboxylic acids is 2. The molecule has 0 radical (unpaired) electrons. The van der Waals surface area contributed by atoms with Gasteiger partial charge in [0, 0.05) is 12.1 Å². The first-order valence-corrected chi connectivity index (χ1v) is 7.62. The van der Waals surface area contributed by atoms with Gasteiger partial charge in [-0.05, 0) is 30.7 Å². The van der Waals surface area contributed by atoms with Gasteiger partial charge >= 0.3 is 0 Å². The maximum atomic E-state index is 12.1. The molecule has 24 heavy (non-hydrogen) atoms. The van der Waals surface area contributed by atoms with Crippen molar-refractivity contribution in [3.63, 3.8) is 0 Å². The molecule has 124 valence electrons. The molecular formula is C18H18N2O4. The molecule has 0 unspecified atom stereocenters. The van der Waals surface area contributed by atoms with Crippen molar-refractivity contribution >= 4 is 11.8 Å². The molecule has 0 spiro atoms. The lowest BCUT2D eigenvalue weighted by molar-refractivity contribution is -0.120. The highest BCUT2D eigenvalue weighted by molar-refractivity contribution is 5.97. The smallest absolute Gasteiger partial charge is 0.251 e. The van der Waals surface area contributed by atoms with E-state index in [1.165, 1.54) is 0 Å². The Bertz CT molecular complexity index is 773. The number of fused-ring (bicyclic) bond motifs is 1. The predicted molar refractivity (Wildman–Crippen MR) is 87.9 cm³/mol. The average molecular weight is 326 g/mol. The molecule has 0 aliphatic carbocycles. The van der Waals surface area contributed by atoms with Crippen molar-refractivity contribution in [1.82, 2.24) is 10.6 Å². The molecule has 0 saturated carbocycles. The zero-order valence-corrected chi connectivity index (χ0v) is 13.3. The van der Waals surface area contributed by atoms with Gasteiger partial charge < -0.3 is 20.1 Å². The summed E-state index contributed by atoms with van der Waals surface area (Å²) in [4.78, 5) is 23.9. The highest BCUT2D eigenvalue weighted by atomic mass is 16.7. The van der Waals surface area contributed by atoms with Crippen LogP contribution in [-0.2, 0) is 11.3 Å². The third-order valence-electron chi connectivity index (χ3n) is 3.62. The van der Waals surface area contributed by atoms with E-state index in [4.69, 9.17) is 9.47 Å². The third-order valence-corrected chi connectivity index (χ3v) is 3.62. The Balaban J connectivity index is 1.48. The molecule has 6 nitrogen and oxygen atoms in total. The Hall–Kier alpha value is -3.02. The Kier molecular flexibility index (Phi) is 4.65. The van der Waals surface area contributed by atoms with Crippen molar-refractivity contribution in [3.8, 4) is 11.5 Å². The third kappa shape index (κ3) is 3.84. The van der Waals surface area contributed by atoms with E-state index in [-0.39, 0.29) is 25.2 Å². The van der Waals surface area contributed by atoms with Crippen LogP contribution in [0.25, 0.3) is 0 Å². The lowest BCUT2D eigenvalue weighted by Crippen LogP contribution is -2.36. The van der Waals surface area contributed by atoms with E-state index < -0.39 is 0 Å². The van der Waals surface area contributed by atoms with Crippen molar-refractivity contribution in [1.29, 1.82) is 0 Å². The summed E-state index contributed by atoms with van der Waals surface area (Å²) in [5.41, 5.74) is 2.58. The van der Waals surface area contributed by atoms with Crippen LogP contribution in [0.3, 0.4) is 0 Å². The molecular weight excluding hydrogens is 308 g/mol. The van der Waals surface area contributed by atoms with Crippen LogP contribution in [0.5, 0.6) is 11.5 Å².